The maximum Gasteiger partial charge on any atom is 0.255 e. The lowest BCUT2D eigenvalue weighted by molar-refractivity contribution is 0.102. The molecule has 30 heavy (non-hydrogen) atoms. The number of ether oxygens (including phenoxy) is 2. The minimum Gasteiger partial charge on any atom is -0.497 e. The molecule has 1 aliphatic rings. The van der Waals surface area contributed by atoms with Crippen LogP contribution >= 0.6 is 0 Å². The molecule has 8 nitrogen and oxygen atoms in total. The lowest BCUT2D eigenvalue weighted by Crippen LogP contribution is -2.36. The van der Waals surface area contributed by atoms with Crippen molar-refractivity contribution in [3.63, 3.8) is 0 Å². The van der Waals surface area contributed by atoms with Gasteiger partial charge in [0.15, 0.2) is 5.82 Å². The number of anilines is 4. The van der Waals surface area contributed by atoms with Crippen molar-refractivity contribution >= 4 is 28.8 Å². The number of hydrogen-bond donors (Lipinski definition) is 2. The molecule has 0 radical (unpaired) electrons. The molecule has 1 amide bonds. The van der Waals surface area contributed by atoms with Crippen LogP contribution < -0.4 is 20.3 Å². The molecule has 0 saturated carbocycles. The molecule has 8 heteroatoms. The van der Waals surface area contributed by atoms with Crippen molar-refractivity contribution < 1.29 is 14.3 Å². The van der Waals surface area contributed by atoms with E-state index in [1.54, 1.807) is 37.6 Å². The highest BCUT2D eigenvalue weighted by molar-refractivity contribution is 6.04. The van der Waals surface area contributed by atoms with E-state index in [2.05, 4.69) is 25.7 Å². The highest BCUT2D eigenvalue weighted by Gasteiger charge is 2.12. The van der Waals surface area contributed by atoms with Crippen LogP contribution in [0.3, 0.4) is 0 Å². The van der Waals surface area contributed by atoms with Gasteiger partial charge >= 0.3 is 0 Å². The fourth-order valence-corrected chi connectivity index (χ4v) is 3.16. The summed E-state index contributed by atoms with van der Waals surface area (Å²) in [4.78, 5) is 14.7. The molecule has 0 spiro atoms. The van der Waals surface area contributed by atoms with Crippen LogP contribution in [0.4, 0.5) is 22.9 Å². The van der Waals surface area contributed by atoms with E-state index in [0.29, 0.717) is 36.0 Å². The maximum atomic E-state index is 12.4. The first-order chi connectivity index (χ1) is 14.7. The second kappa shape index (κ2) is 9.23. The minimum absolute atomic E-state index is 0.196. The Hall–Kier alpha value is -3.65. The van der Waals surface area contributed by atoms with Gasteiger partial charge in [0.2, 0.25) is 0 Å². The van der Waals surface area contributed by atoms with Crippen molar-refractivity contribution in [2.45, 2.75) is 0 Å². The molecule has 154 valence electrons. The summed E-state index contributed by atoms with van der Waals surface area (Å²) < 4.78 is 10.6. The van der Waals surface area contributed by atoms with E-state index in [0.717, 1.165) is 24.5 Å². The molecule has 0 aliphatic carbocycles. The van der Waals surface area contributed by atoms with E-state index in [1.165, 1.54) is 0 Å². The van der Waals surface area contributed by atoms with E-state index in [4.69, 9.17) is 9.47 Å². The SMILES string of the molecule is COc1cccc(C(=O)Nc2ccc(Nc3cc(N4CCOCC4)cnn3)cc2)c1. The van der Waals surface area contributed by atoms with Gasteiger partial charge < -0.3 is 25.0 Å². The highest BCUT2D eigenvalue weighted by atomic mass is 16.5. The van der Waals surface area contributed by atoms with Crippen molar-refractivity contribution in [1.82, 2.24) is 10.2 Å². The third-order valence-corrected chi connectivity index (χ3v) is 4.76. The van der Waals surface area contributed by atoms with Gasteiger partial charge in [-0.1, -0.05) is 6.07 Å². The van der Waals surface area contributed by atoms with Crippen LogP contribution in [-0.2, 0) is 4.74 Å². The third-order valence-electron chi connectivity index (χ3n) is 4.76. The molecule has 1 aliphatic heterocycles. The zero-order chi connectivity index (χ0) is 20.8. The molecule has 4 rings (SSSR count). The largest absolute Gasteiger partial charge is 0.497 e. The third kappa shape index (κ3) is 4.84. The molecule has 0 unspecified atom stereocenters. The second-order valence-electron chi connectivity index (χ2n) is 6.79. The summed E-state index contributed by atoms with van der Waals surface area (Å²) in [6.07, 6.45) is 1.76. The van der Waals surface area contributed by atoms with Gasteiger partial charge in [-0.3, -0.25) is 4.79 Å². The van der Waals surface area contributed by atoms with Gasteiger partial charge in [-0.05, 0) is 42.5 Å². The molecular weight excluding hydrogens is 382 g/mol. The van der Waals surface area contributed by atoms with Crippen molar-refractivity contribution in [2.75, 3.05) is 48.9 Å². The molecule has 1 aromatic heterocycles. The summed E-state index contributed by atoms with van der Waals surface area (Å²) in [5.41, 5.74) is 3.09. The zero-order valence-electron chi connectivity index (χ0n) is 16.7. The molecule has 2 aromatic carbocycles. The predicted molar refractivity (Wildman–Crippen MR) is 116 cm³/mol. The zero-order valence-corrected chi connectivity index (χ0v) is 16.7. The van der Waals surface area contributed by atoms with E-state index in [1.807, 2.05) is 30.3 Å². The normalized spacial score (nSPS) is 13.6. The first kappa shape index (κ1) is 19.7. The Morgan fingerprint density at radius 3 is 2.60 bits per heavy atom. The Balaban J connectivity index is 1.39. The average molecular weight is 405 g/mol. The molecule has 0 bridgehead atoms. The minimum atomic E-state index is -0.196. The molecular formula is C22H23N5O3. The number of morpholine rings is 1. The van der Waals surface area contributed by atoms with Crippen LogP contribution in [0.1, 0.15) is 10.4 Å². The summed E-state index contributed by atoms with van der Waals surface area (Å²) in [7, 11) is 1.57. The number of nitrogens with one attached hydrogen (secondary N) is 2. The smallest absolute Gasteiger partial charge is 0.255 e. The number of aromatic nitrogens is 2. The Kier molecular flexibility index (Phi) is 6.05. The molecule has 2 heterocycles. The van der Waals surface area contributed by atoms with Crippen LogP contribution in [0, 0.1) is 0 Å². The van der Waals surface area contributed by atoms with E-state index in [-0.39, 0.29) is 5.91 Å². The van der Waals surface area contributed by atoms with E-state index >= 15 is 0 Å². The summed E-state index contributed by atoms with van der Waals surface area (Å²) in [6.45, 7) is 3.11. The fraction of sp³-hybridized carbons (Fsp3) is 0.227. The number of carbonyl (C=O) groups excluding carboxylic acids is 1. The van der Waals surface area contributed by atoms with Gasteiger partial charge in [0.25, 0.3) is 5.91 Å². The van der Waals surface area contributed by atoms with E-state index in [9.17, 15) is 4.79 Å². The number of carbonyl (C=O) groups is 1. The van der Waals surface area contributed by atoms with E-state index < -0.39 is 0 Å². The summed E-state index contributed by atoms with van der Waals surface area (Å²) in [5, 5.41) is 14.4. The van der Waals surface area contributed by atoms with Gasteiger partial charge in [0.05, 0.1) is 32.2 Å². The van der Waals surface area contributed by atoms with Crippen LogP contribution in [0.25, 0.3) is 0 Å². The molecule has 1 saturated heterocycles. The number of rotatable bonds is 6. The summed E-state index contributed by atoms with van der Waals surface area (Å²) in [5.74, 6) is 1.11. The summed E-state index contributed by atoms with van der Waals surface area (Å²) >= 11 is 0. The van der Waals surface area contributed by atoms with Crippen LogP contribution in [0.15, 0.2) is 60.8 Å². The summed E-state index contributed by atoms with van der Waals surface area (Å²) in [6, 6.07) is 16.4. The quantitative estimate of drug-likeness (QED) is 0.650. The van der Waals surface area contributed by atoms with Crippen molar-refractivity contribution in [3.05, 3.63) is 66.4 Å². The average Bonchev–Trinajstić information content (AvgIpc) is 2.81. The van der Waals surface area contributed by atoms with Gasteiger partial charge in [-0.2, -0.15) is 5.10 Å². The number of benzene rings is 2. The van der Waals surface area contributed by atoms with Crippen molar-refractivity contribution in [3.8, 4) is 5.75 Å². The van der Waals surface area contributed by atoms with Crippen molar-refractivity contribution in [1.29, 1.82) is 0 Å². The Morgan fingerprint density at radius 1 is 1.07 bits per heavy atom. The second-order valence-corrected chi connectivity index (χ2v) is 6.79. The van der Waals surface area contributed by atoms with Gasteiger partial charge in [-0.15, -0.1) is 5.10 Å². The molecule has 2 N–H and O–H groups in total. The molecule has 0 atom stereocenters. The highest BCUT2D eigenvalue weighted by Crippen LogP contribution is 2.22. The lowest BCUT2D eigenvalue weighted by Gasteiger charge is -2.28. The standard InChI is InChI=1S/C22H23N5O3/c1-29-20-4-2-3-16(13-20)22(28)25-18-7-5-17(6-8-18)24-21-14-19(15-23-26-21)27-9-11-30-12-10-27/h2-8,13-15H,9-12H2,1H3,(H,24,26)(H,25,28). The number of nitrogens with zero attached hydrogens (tertiary/aromatic N) is 3. The number of hydrogen-bond acceptors (Lipinski definition) is 7. The van der Waals surface area contributed by atoms with Crippen LogP contribution in [-0.4, -0.2) is 49.5 Å². The predicted octanol–water partition coefficient (Wildman–Crippen LogP) is 3.32. The Labute approximate surface area is 174 Å². The van der Waals surface area contributed by atoms with Crippen LogP contribution in [0.5, 0.6) is 5.75 Å². The van der Waals surface area contributed by atoms with Gasteiger partial charge in [0, 0.05) is 36.1 Å². The topological polar surface area (TPSA) is 88.6 Å². The molecule has 3 aromatic rings. The van der Waals surface area contributed by atoms with Crippen molar-refractivity contribution in [2.24, 2.45) is 0 Å². The van der Waals surface area contributed by atoms with Gasteiger partial charge in [-0.25, -0.2) is 0 Å². The van der Waals surface area contributed by atoms with Gasteiger partial charge in [0.1, 0.15) is 5.75 Å². The maximum absolute atomic E-state index is 12.4. The Bertz CT molecular complexity index is 1000. The fourth-order valence-electron chi connectivity index (χ4n) is 3.16. The first-order valence-corrected chi connectivity index (χ1v) is 9.69. The number of amides is 1. The monoisotopic (exact) mass is 405 g/mol. The first-order valence-electron chi connectivity index (χ1n) is 9.69. The number of methoxy groups -OCH3 is 1. The lowest BCUT2D eigenvalue weighted by atomic mass is 10.2. The molecule has 1 fully saturated rings. The Morgan fingerprint density at radius 2 is 1.83 bits per heavy atom. The van der Waals surface area contributed by atoms with Crippen LogP contribution in [0.2, 0.25) is 0 Å².